The van der Waals surface area contributed by atoms with E-state index in [4.69, 9.17) is 9.84 Å². The molecule has 0 bridgehead atoms. The van der Waals surface area contributed by atoms with Crippen molar-refractivity contribution in [2.75, 3.05) is 20.7 Å². The van der Waals surface area contributed by atoms with Crippen molar-refractivity contribution in [3.05, 3.63) is 24.0 Å². The number of ether oxygens (including phenoxy) is 1. The van der Waals surface area contributed by atoms with Crippen LogP contribution in [0.2, 0.25) is 0 Å². The molecule has 0 aromatic heterocycles. The van der Waals surface area contributed by atoms with Gasteiger partial charge in [-0.15, -0.1) is 0 Å². The van der Waals surface area contributed by atoms with Gasteiger partial charge in [-0.2, -0.15) is 0 Å². The first-order valence-electron chi connectivity index (χ1n) is 3.99. The zero-order chi connectivity index (χ0) is 9.84. The Morgan fingerprint density at radius 2 is 2.38 bits per heavy atom. The normalized spacial score (nSPS) is 17.9. The standard InChI is InChI=1S/C9H13NO3/c1-10(2)8(9(11)12)7-4-3-5-13-6-7/h3-5,8H,6H2,1-2H3,(H,11,12). The highest BCUT2D eigenvalue weighted by Gasteiger charge is 2.24. The van der Waals surface area contributed by atoms with Crippen LogP contribution in [0.3, 0.4) is 0 Å². The average molecular weight is 183 g/mol. The lowest BCUT2D eigenvalue weighted by Crippen LogP contribution is -2.38. The van der Waals surface area contributed by atoms with Crippen molar-refractivity contribution >= 4 is 5.97 Å². The van der Waals surface area contributed by atoms with Crippen molar-refractivity contribution in [1.82, 2.24) is 4.90 Å². The second-order valence-corrected chi connectivity index (χ2v) is 3.09. The van der Waals surface area contributed by atoms with Crippen LogP contribution in [-0.2, 0) is 9.53 Å². The Morgan fingerprint density at radius 1 is 1.69 bits per heavy atom. The molecule has 0 amide bonds. The number of hydrogen-bond acceptors (Lipinski definition) is 3. The lowest BCUT2D eigenvalue weighted by molar-refractivity contribution is -0.141. The average Bonchev–Trinajstić information content (AvgIpc) is 2.04. The van der Waals surface area contributed by atoms with E-state index in [1.807, 2.05) is 0 Å². The summed E-state index contributed by atoms with van der Waals surface area (Å²) in [5, 5.41) is 8.93. The van der Waals surface area contributed by atoms with Gasteiger partial charge in [-0.25, -0.2) is 0 Å². The maximum atomic E-state index is 10.9. The van der Waals surface area contributed by atoms with Crippen LogP contribution < -0.4 is 0 Å². The van der Waals surface area contributed by atoms with Gasteiger partial charge in [-0.3, -0.25) is 9.69 Å². The van der Waals surface area contributed by atoms with Gasteiger partial charge in [-0.1, -0.05) is 6.08 Å². The predicted molar refractivity (Wildman–Crippen MR) is 48.3 cm³/mol. The SMILES string of the molecule is CN(C)C(C(=O)O)C1=CC=COC1. The van der Waals surface area contributed by atoms with E-state index >= 15 is 0 Å². The van der Waals surface area contributed by atoms with Gasteiger partial charge in [0.15, 0.2) is 0 Å². The summed E-state index contributed by atoms with van der Waals surface area (Å²) in [7, 11) is 3.47. The zero-order valence-electron chi connectivity index (χ0n) is 7.73. The molecule has 0 radical (unpaired) electrons. The van der Waals surface area contributed by atoms with Gasteiger partial charge >= 0.3 is 5.97 Å². The summed E-state index contributed by atoms with van der Waals surface area (Å²) in [4.78, 5) is 12.5. The number of carboxylic acid groups (broad SMARTS) is 1. The highest BCUT2D eigenvalue weighted by Crippen LogP contribution is 2.12. The third kappa shape index (κ3) is 2.32. The molecule has 0 saturated heterocycles. The van der Waals surface area contributed by atoms with Gasteiger partial charge in [-0.05, 0) is 25.7 Å². The van der Waals surface area contributed by atoms with Crippen molar-refractivity contribution in [3.63, 3.8) is 0 Å². The molecule has 1 aliphatic rings. The molecule has 1 rings (SSSR count). The number of likely N-dealkylation sites (N-methyl/N-ethyl adjacent to an activating group) is 1. The molecule has 0 saturated carbocycles. The second-order valence-electron chi connectivity index (χ2n) is 3.09. The molecule has 4 heteroatoms. The molecule has 0 aromatic rings. The van der Waals surface area contributed by atoms with E-state index < -0.39 is 12.0 Å². The van der Waals surface area contributed by atoms with E-state index in [1.54, 1.807) is 37.4 Å². The molecule has 1 N–H and O–H groups in total. The largest absolute Gasteiger partial charge is 0.497 e. The van der Waals surface area contributed by atoms with Gasteiger partial charge < -0.3 is 9.84 Å². The lowest BCUT2D eigenvalue weighted by Gasteiger charge is -2.23. The Labute approximate surface area is 77.1 Å². The van der Waals surface area contributed by atoms with Gasteiger partial charge in [0, 0.05) is 0 Å². The molecule has 1 heterocycles. The van der Waals surface area contributed by atoms with E-state index in [0.29, 0.717) is 6.61 Å². The molecule has 4 nitrogen and oxygen atoms in total. The molecule has 0 fully saturated rings. The summed E-state index contributed by atoms with van der Waals surface area (Å²) < 4.78 is 5.02. The molecule has 0 aromatic carbocycles. The molecule has 0 spiro atoms. The fourth-order valence-electron chi connectivity index (χ4n) is 1.29. The monoisotopic (exact) mass is 183 g/mol. The van der Waals surface area contributed by atoms with E-state index in [1.165, 1.54) is 0 Å². The van der Waals surface area contributed by atoms with Gasteiger partial charge in [0.1, 0.15) is 12.6 Å². The summed E-state index contributed by atoms with van der Waals surface area (Å²) in [6.07, 6.45) is 5.04. The quantitative estimate of drug-likeness (QED) is 0.691. The fourth-order valence-corrected chi connectivity index (χ4v) is 1.29. The molecule has 13 heavy (non-hydrogen) atoms. The Kier molecular flexibility index (Phi) is 3.08. The van der Waals surface area contributed by atoms with Crippen LogP contribution in [0.4, 0.5) is 0 Å². The summed E-state index contributed by atoms with van der Waals surface area (Å²) >= 11 is 0. The summed E-state index contributed by atoms with van der Waals surface area (Å²) in [5.74, 6) is -0.852. The Hall–Kier alpha value is -1.29. The summed E-state index contributed by atoms with van der Waals surface area (Å²) in [5.41, 5.74) is 0.764. The van der Waals surface area contributed by atoms with Crippen LogP contribution in [0.15, 0.2) is 24.0 Å². The van der Waals surface area contributed by atoms with Crippen molar-refractivity contribution in [1.29, 1.82) is 0 Å². The molecule has 0 aliphatic carbocycles. The number of carboxylic acids is 1. The van der Waals surface area contributed by atoms with E-state index in [-0.39, 0.29) is 0 Å². The maximum Gasteiger partial charge on any atom is 0.325 e. The number of allylic oxidation sites excluding steroid dienone is 2. The predicted octanol–water partition coefficient (Wildman–Crippen LogP) is 0.471. The van der Waals surface area contributed by atoms with Gasteiger partial charge in [0.2, 0.25) is 0 Å². The minimum Gasteiger partial charge on any atom is -0.497 e. The van der Waals surface area contributed by atoms with Crippen molar-refractivity contribution in [2.24, 2.45) is 0 Å². The molecule has 1 unspecified atom stereocenters. The number of rotatable bonds is 3. The number of aliphatic carboxylic acids is 1. The maximum absolute atomic E-state index is 10.9. The summed E-state index contributed by atoms with van der Waals surface area (Å²) in [6.45, 7) is 0.353. The minimum atomic E-state index is -0.852. The van der Waals surface area contributed by atoms with Crippen LogP contribution in [0.5, 0.6) is 0 Å². The minimum absolute atomic E-state index is 0.353. The third-order valence-electron chi connectivity index (χ3n) is 1.84. The molecule has 72 valence electrons. The first-order chi connectivity index (χ1) is 6.13. The Morgan fingerprint density at radius 3 is 2.77 bits per heavy atom. The van der Waals surface area contributed by atoms with E-state index in [0.717, 1.165) is 5.57 Å². The lowest BCUT2D eigenvalue weighted by atomic mass is 10.1. The van der Waals surface area contributed by atoms with Crippen LogP contribution >= 0.6 is 0 Å². The molecular weight excluding hydrogens is 170 g/mol. The highest BCUT2D eigenvalue weighted by atomic mass is 16.5. The van der Waals surface area contributed by atoms with Crippen LogP contribution in [-0.4, -0.2) is 42.7 Å². The van der Waals surface area contributed by atoms with Gasteiger partial charge in [0.25, 0.3) is 0 Å². The van der Waals surface area contributed by atoms with Crippen molar-refractivity contribution < 1.29 is 14.6 Å². The Bertz CT molecular complexity index is 256. The fraction of sp³-hybridized carbons (Fsp3) is 0.444. The Balaban J connectivity index is 2.80. The number of carbonyl (C=O) groups is 1. The first-order valence-corrected chi connectivity index (χ1v) is 3.99. The molecular formula is C9H13NO3. The van der Waals surface area contributed by atoms with Crippen molar-refractivity contribution in [3.8, 4) is 0 Å². The van der Waals surface area contributed by atoms with Crippen LogP contribution in [0, 0.1) is 0 Å². The van der Waals surface area contributed by atoms with Crippen molar-refractivity contribution in [2.45, 2.75) is 6.04 Å². The topological polar surface area (TPSA) is 49.8 Å². The van der Waals surface area contributed by atoms with Crippen LogP contribution in [0.1, 0.15) is 0 Å². The van der Waals surface area contributed by atoms with Crippen LogP contribution in [0.25, 0.3) is 0 Å². The summed E-state index contributed by atoms with van der Waals surface area (Å²) in [6, 6.07) is -0.593. The highest BCUT2D eigenvalue weighted by molar-refractivity contribution is 5.77. The zero-order valence-corrected chi connectivity index (χ0v) is 7.73. The van der Waals surface area contributed by atoms with E-state index in [9.17, 15) is 4.79 Å². The van der Waals surface area contributed by atoms with Gasteiger partial charge in [0.05, 0.1) is 6.26 Å². The first kappa shape index (κ1) is 9.80. The molecule has 1 atom stereocenters. The molecule has 1 aliphatic heterocycles. The second kappa shape index (κ2) is 4.09. The smallest absolute Gasteiger partial charge is 0.325 e. The third-order valence-corrected chi connectivity index (χ3v) is 1.84. The number of hydrogen-bond donors (Lipinski definition) is 1. The van der Waals surface area contributed by atoms with E-state index in [2.05, 4.69) is 0 Å². The number of nitrogens with zero attached hydrogens (tertiary/aromatic N) is 1.